The van der Waals surface area contributed by atoms with E-state index in [0.717, 1.165) is 25.7 Å². The minimum absolute atomic E-state index is 0.0875. The molecule has 1 aromatic heterocycles. The first-order chi connectivity index (χ1) is 20.2. The molecule has 0 spiro atoms. The second kappa shape index (κ2) is 14.3. The molecule has 3 heterocycles. The Morgan fingerprint density at radius 3 is 2.40 bits per heavy atom. The lowest BCUT2D eigenvalue weighted by Gasteiger charge is -2.39. The molecule has 224 valence electrons. The van der Waals surface area contributed by atoms with E-state index in [4.69, 9.17) is 12.2 Å². The smallest absolute Gasteiger partial charge is 0.270 e. The fourth-order valence-electron chi connectivity index (χ4n) is 5.75. The third-order valence-corrected chi connectivity index (χ3v) is 9.58. The third kappa shape index (κ3) is 6.57. The zero-order valence-electron chi connectivity index (χ0n) is 25.0. The standard InChI is InChI=1S/C32H40FN5O2S2/c1-5-8-11-23(7-3)21-38-31(40)28(42-32(38)41)19-24-22(4)25(20-34)30(39)37(14-6-2)29(24)36-17-15-35(16-18-36)27-13-10-9-12-26(27)33/h9-10,12-13,19,23H,5-8,11,14-18,21H2,1-4H3/b28-19-. The summed E-state index contributed by atoms with van der Waals surface area (Å²) in [6.45, 7) is 11.4. The fraction of sp³-hybridized carbons (Fsp3) is 0.500. The summed E-state index contributed by atoms with van der Waals surface area (Å²) in [5.41, 5.74) is 1.57. The van der Waals surface area contributed by atoms with Gasteiger partial charge in [0.05, 0.1) is 10.6 Å². The van der Waals surface area contributed by atoms with Gasteiger partial charge in [-0.3, -0.25) is 19.1 Å². The average molecular weight is 610 g/mol. The van der Waals surface area contributed by atoms with Crippen LogP contribution in [0.15, 0.2) is 34.0 Å². The van der Waals surface area contributed by atoms with Crippen LogP contribution in [0.1, 0.15) is 69.6 Å². The molecule has 0 aliphatic carbocycles. The molecule has 2 aliphatic heterocycles. The maximum atomic E-state index is 14.5. The Hall–Kier alpha value is -3.16. The molecule has 0 saturated carbocycles. The predicted molar refractivity (Wildman–Crippen MR) is 174 cm³/mol. The van der Waals surface area contributed by atoms with Crippen LogP contribution in [0.25, 0.3) is 6.08 Å². The molecule has 4 rings (SSSR count). The Morgan fingerprint density at radius 1 is 1.10 bits per heavy atom. The first-order valence-corrected chi connectivity index (χ1v) is 16.1. The number of aromatic nitrogens is 1. The van der Waals surface area contributed by atoms with Crippen molar-refractivity contribution in [1.29, 1.82) is 5.26 Å². The molecule has 0 bridgehead atoms. The highest BCUT2D eigenvalue weighted by atomic mass is 32.2. The highest BCUT2D eigenvalue weighted by Gasteiger charge is 2.34. The molecule has 42 heavy (non-hydrogen) atoms. The van der Waals surface area contributed by atoms with Crippen LogP contribution in [0.5, 0.6) is 0 Å². The number of thioether (sulfide) groups is 1. The quantitative estimate of drug-likeness (QED) is 0.218. The van der Waals surface area contributed by atoms with E-state index in [1.807, 2.05) is 24.0 Å². The SMILES string of the molecule is CCCCC(CC)CN1C(=O)/C(=C/c2c(C)c(C#N)c(=O)n(CCC)c2N2CCN(c3ccccc3F)CC2)SC1=S. The molecule has 1 unspecified atom stereocenters. The number of piperazine rings is 1. The number of unbranched alkanes of at least 4 members (excludes halogenated alkanes) is 1. The van der Waals surface area contributed by atoms with Gasteiger partial charge in [0.1, 0.15) is 27.6 Å². The minimum atomic E-state index is -0.324. The predicted octanol–water partition coefficient (Wildman–Crippen LogP) is 6.32. The van der Waals surface area contributed by atoms with Crippen molar-refractivity contribution < 1.29 is 9.18 Å². The van der Waals surface area contributed by atoms with E-state index in [1.165, 1.54) is 17.8 Å². The highest BCUT2D eigenvalue weighted by Crippen LogP contribution is 2.37. The van der Waals surface area contributed by atoms with E-state index in [1.54, 1.807) is 28.5 Å². The second-order valence-electron chi connectivity index (χ2n) is 10.9. The number of hydrogen-bond acceptors (Lipinski definition) is 7. The van der Waals surface area contributed by atoms with Gasteiger partial charge in [-0.25, -0.2) is 4.39 Å². The van der Waals surface area contributed by atoms with Gasteiger partial charge in [-0.2, -0.15) is 5.26 Å². The van der Waals surface area contributed by atoms with Gasteiger partial charge >= 0.3 is 0 Å². The number of nitriles is 1. The maximum absolute atomic E-state index is 14.5. The lowest BCUT2D eigenvalue weighted by atomic mass is 9.99. The molecule has 2 aromatic rings. The number of carbonyl (C=O) groups excluding carboxylic acids is 1. The number of thiocarbonyl (C=S) groups is 1. The van der Waals surface area contributed by atoms with E-state index in [0.29, 0.717) is 83.5 Å². The lowest BCUT2D eigenvalue weighted by molar-refractivity contribution is -0.122. The molecule has 2 fully saturated rings. The number of halogens is 1. The molecule has 1 amide bonds. The maximum Gasteiger partial charge on any atom is 0.270 e. The van der Waals surface area contributed by atoms with Crippen molar-refractivity contribution in [3.05, 3.63) is 62.0 Å². The zero-order valence-corrected chi connectivity index (χ0v) is 26.6. The normalized spacial score (nSPS) is 17.3. The molecule has 2 saturated heterocycles. The monoisotopic (exact) mass is 609 g/mol. The van der Waals surface area contributed by atoms with Crippen molar-refractivity contribution in [2.75, 3.05) is 42.5 Å². The molecule has 2 aliphatic rings. The van der Waals surface area contributed by atoms with Crippen LogP contribution in [0.4, 0.5) is 15.9 Å². The highest BCUT2D eigenvalue weighted by molar-refractivity contribution is 8.26. The van der Waals surface area contributed by atoms with Gasteiger partial charge < -0.3 is 9.80 Å². The van der Waals surface area contributed by atoms with E-state index in [2.05, 4.69) is 24.8 Å². The Kier molecular flexibility index (Phi) is 10.8. The van der Waals surface area contributed by atoms with Gasteiger partial charge in [-0.05, 0) is 49.5 Å². The van der Waals surface area contributed by atoms with Gasteiger partial charge in [0, 0.05) is 44.8 Å². The average Bonchev–Trinajstić information content (AvgIpc) is 3.25. The van der Waals surface area contributed by atoms with Crippen molar-refractivity contribution in [2.24, 2.45) is 5.92 Å². The van der Waals surface area contributed by atoms with Crippen molar-refractivity contribution >= 4 is 51.8 Å². The molecule has 1 atom stereocenters. The van der Waals surface area contributed by atoms with Crippen molar-refractivity contribution in [1.82, 2.24) is 9.47 Å². The van der Waals surface area contributed by atoms with Crippen molar-refractivity contribution in [2.45, 2.75) is 66.3 Å². The summed E-state index contributed by atoms with van der Waals surface area (Å²) < 4.78 is 16.7. The van der Waals surface area contributed by atoms with E-state index < -0.39 is 0 Å². The molecule has 1 aromatic carbocycles. The van der Waals surface area contributed by atoms with Gasteiger partial charge in [0.2, 0.25) is 0 Å². The number of amides is 1. The number of para-hydroxylation sites is 1. The molecule has 0 radical (unpaired) electrons. The summed E-state index contributed by atoms with van der Waals surface area (Å²) in [4.78, 5) is 33.6. The number of nitrogens with zero attached hydrogens (tertiary/aromatic N) is 5. The molecular formula is C32H40FN5O2S2. The Morgan fingerprint density at radius 2 is 1.79 bits per heavy atom. The van der Waals surface area contributed by atoms with Gasteiger partial charge in [-0.15, -0.1) is 0 Å². The van der Waals surface area contributed by atoms with E-state index in [-0.39, 0.29) is 22.8 Å². The van der Waals surface area contributed by atoms with Crippen LogP contribution >= 0.6 is 24.0 Å². The second-order valence-corrected chi connectivity index (χ2v) is 12.6. The number of benzene rings is 1. The summed E-state index contributed by atoms with van der Waals surface area (Å²) in [6, 6.07) is 8.87. The summed E-state index contributed by atoms with van der Waals surface area (Å²) >= 11 is 6.94. The lowest BCUT2D eigenvalue weighted by Crippen LogP contribution is -2.49. The summed E-state index contributed by atoms with van der Waals surface area (Å²) in [6.07, 6.45) is 6.79. The molecular weight excluding hydrogens is 570 g/mol. The number of carbonyl (C=O) groups is 1. The van der Waals surface area contributed by atoms with Crippen molar-refractivity contribution in [3.63, 3.8) is 0 Å². The largest absolute Gasteiger partial charge is 0.366 e. The number of anilines is 2. The van der Waals surface area contributed by atoms with Crippen LogP contribution in [0, 0.1) is 30.0 Å². The first kappa shape index (κ1) is 31.8. The van der Waals surface area contributed by atoms with Crippen LogP contribution < -0.4 is 15.4 Å². The van der Waals surface area contributed by atoms with Gasteiger partial charge in [0.25, 0.3) is 11.5 Å². The molecule has 7 nitrogen and oxygen atoms in total. The Labute approximate surface area is 258 Å². The zero-order chi connectivity index (χ0) is 30.4. The van der Waals surface area contributed by atoms with Gasteiger partial charge in [-0.1, -0.05) is 76.1 Å². The van der Waals surface area contributed by atoms with Crippen molar-refractivity contribution in [3.8, 4) is 6.07 Å². The topological polar surface area (TPSA) is 72.6 Å². The minimum Gasteiger partial charge on any atom is -0.366 e. The first-order valence-electron chi connectivity index (χ1n) is 14.9. The summed E-state index contributed by atoms with van der Waals surface area (Å²) in [5, 5.41) is 9.96. The molecule has 0 N–H and O–H groups in total. The van der Waals surface area contributed by atoms with Crippen LogP contribution in [-0.2, 0) is 11.3 Å². The van der Waals surface area contributed by atoms with Crippen LogP contribution in [0.2, 0.25) is 0 Å². The van der Waals surface area contributed by atoms with E-state index >= 15 is 0 Å². The number of hydrogen-bond donors (Lipinski definition) is 0. The molecule has 10 heteroatoms. The summed E-state index contributed by atoms with van der Waals surface area (Å²) in [7, 11) is 0. The van der Waals surface area contributed by atoms with Crippen LogP contribution in [-0.4, -0.2) is 52.4 Å². The number of rotatable bonds is 11. The Balaban J connectivity index is 1.73. The van der Waals surface area contributed by atoms with Gasteiger partial charge in [0.15, 0.2) is 0 Å². The fourth-order valence-corrected chi connectivity index (χ4v) is 7.00. The third-order valence-electron chi connectivity index (χ3n) is 8.20. The van der Waals surface area contributed by atoms with E-state index in [9.17, 15) is 19.2 Å². The van der Waals surface area contributed by atoms with Crippen LogP contribution in [0.3, 0.4) is 0 Å². The summed E-state index contributed by atoms with van der Waals surface area (Å²) in [5.74, 6) is 0.699. The Bertz CT molecular complexity index is 1460. The number of pyridine rings is 1.